The third-order valence-electron chi connectivity index (χ3n) is 2.81. The molecule has 0 aliphatic heterocycles. The molecule has 0 unspecified atom stereocenters. The van der Waals surface area contributed by atoms with Crippen molar-refractivity contribution in [1.82, 2.24) is 14.2 Å². The van der Waals surface area contributed by atoms with E-state index in [9.17, 15) is 5.26 Å². The Balaban J connectivity index is 2.40. The molecule has 0 atom stereocenters. The first kappa shape index (κ1) is 11.4. The third kappa shape index (κ3) is 1.55. The lowest BCUT2D eigenvalue weighted by molar-refractivity contribution is 0.775. The molecule has 6 heteroatoms. The summed E-state index contributed by atoms with van der Waals surface area (Å²) in [5.41, 5.74) is 3.28. The summed E-state index contributed by atoms with van der Waals surface area (Å²) < 4.78 is 6.89. The number of hydrogen-bond acceptors (Lipinski definition) is 4. The summed E-state index contributed by atoms with van der Waals surface area (Å²) in [6.45, 7) is 0. The van der Waals surface area contributed by atoms with Crippen LogP contribution in [0.25, 0.3) is 22.2 Å². The van der Waals surface area contributed by atoms with Gasteiger partial charge in [-0.05, 0) is 39.6 Å². The summed E-state index contributed by atoms with van der Waals surface area (Å²) in [5, 5.41) is 16.4. The Morgan fingerprint density at radius 1 is 1.44 bits per heavy atom. The number of aryl methyl sites for hydroxylation is 1. The Hall–Kier alpha value is -1.71. The largest absolute Gasteiger partial charge is 0.267 e. The van der Waals surface area contributed by atoms with Crippen LogP contribution in [0.3, 0.4) is 0 Å². The van der Waals surface area contributed by atoms with Crippen LogP contribution in [-0.2, 0) is 7.05 Å². The fraction of sp³-hybridized carbons (Fsp3) is 0.0833. The summed E-state index contributed by atoms with van der Waals surface area (Å²) in [4.78, 5) is 0. The average Bonchev–Trinajstić information content (AvgIpc) is 2.95. The number of nitrogens with zero attached hydrogens (tertiary/aromatic N) is 4. The zero-order valence-corrected chi connectivity index (χ0v) is 11.8. The predicted molar refractivity (Wildman–Crippen MR) is 74.2 cm³/mol. The maximum Gasteiger partial charge on any atom is 0.101 e. The first-order chi connectivity index (χ1) is 8.72. The van der Waals surface area contributed by atoms with Gasteiger partial charge in [-0.3, -0.25) is 4.68 Å². The van der Waals surface area contributed by atoms with E-state index in [1.165, 1.54) is 11.5 Å². The quantitative estimate of drug-likeness (QED) is 0.691. The van der Waals surface area contributed by atoms with E-state index in [0.717, 1.165) is 26.6 Å². The topological polar surface area (TPSA) is 54.5 Å². The molecule has 0 saturated heterocycles. The van der Waals surface area contributed by atoms with Gasteiger partial charge < -0.3 is 0 Å². The van der Waals surface area contributed by atoms with Gasteiger partial charge in [0.15, 0.2) is 0 Å². The summed E-state index contributed by atoms with van der Waals surface area (Å²) in [6, 6.07) is 6.12. The molecule has 3 rings (SSSR count). The molecular formula is C12H7BrN4S. The Morgan fingerprint density at radius 3 is 2.94 bits per heavy atom. The molecular weight excluding hydrogens is 312 g/mol. The van der Waals surface area contributed by atoms with E-state index < -0.39 is 0 Å². The molecule has 0 radical (unpaired) electrons. The van der Waals surface area contributed by atoms with Crippen LogP contribution in [0.2, 0.25) is 0 Å². The Bertz CT molecular complexity index is 762. The summed E-state index contributed by atoms with van der Waals surface area (Å²) >= 11 is 4.83. The van der Waals surface area contributed by atoms with Crippen LogP contribution in [0.1, 0.15) is 5.56 Å². The Kier molecular flexibility index (Phi) is 2.65. The molecule has 4 nitrogen and oxygen atoms in total. The van der Waals surface area contributed by atoms with Gasteiger partial charge in [0, 0.05) is 23.4 Å². The molecule has 0 fully saturated rings. The van der Waals surface area contributed by atoms with Crippen molar-refractivity contribution in [2.75, 3.05) is 0 Å². The maximum atomic E-state index is 9.40. The second-order valence-corrected chi connectivity index (χ2v) is 5.30. The molecule has 18 heavy (non-hydrogen) atoms. The highest BCUT2D eigenvalue weighted by Gasteiger charge is 2.16. The molecule has 0 bridgehead atoms. The van der Waals surface area contributed by atoms with Crippen LogP contribution in [0.15, 0.2) is 28.2 Å². The molecule has 2 aromatic heterocycles. The van der Waals surface area contributed by atoms with E-state index in [1.54, 1.807) is 10.9 Å². The monoisotopic (exact) mass is 318 g/mol. The number of nitriles is 1. The van der Waals surface area contributed by atoms with E-state index >= 15 is 0 Å². The van der Waals surface area contributed by atoms with Gasteiger partial charge in [-0.25, -0.2) is 0 Å². The van der Waals surface area contributed by atoms with Crippen LogP contribution >= 0.6 is 27.5 Å². The Morgan fingerprint density at radius 2 is 2.28 bits per heavy atom. The molecule has 0 spiro atoms. The highest BCUT2D eigenvalue weighted by molar-refractivity contribution is 9.10. The number of hydrogen-bond donors (Lipinski definition) is 0. The van der Waals surface area contributed by atoms with E-state index in [4.69, 9.17) is 0 Å². The van der Waals surface area contributed by atoms with E-state index in [-0.39, 0.29) is 0 Å². The smallest absolute Gasteiger partial charge is 0.101 e. The molecule has 0 aliphatic rings. The Labute approximate surface area is 116 Å². The van der Waals surface area contributed by atoms with Gasteiger partial charge in [0.25, 0.3) is 0 Å². The molecule has 0 amide bonds. The van der Waals surface area contributed by atoms with Crippen LogP contribution in [0.4, 0.5) is 0 Å². The van der Waals surface area contributed by atoms with Gasteiger partial charge in [0.1, 0.15) is 6.07 Å². The molecule has 88 valence electrons. The van der Waals surface area contributed by atoms with Crippen molar-refractivity contribution in [3.8, 4) is 17.3 Å². The minimum atomic E-state index is 0.644. The normalized spacial score (nSPS) is 10.7. The van der Waals surface area contributed by atoms with E-state index in [0.29, 0.717) is 5.56 Å². The predicted octanol–water partition coefficient (Wildman–Crippen LogP) is 3.33. The number of fused-ring (bicyclic) bond motifs is 1. The lowest BCUT2D eigenvalue weighted by Gasteiger charge is -2.06. The third-order valence-corrected chi connectivity index (χ3v) is 4.03. The molecule has 0 N–H and O–H groups in total. The number of aromatic nitrogens is 3. The lowest BCUT2D eigenvalue weighted by Crippen LogP contribution is -1.96. The van der Waals surface area contributed by atoms with Crippen molar-refractivity contribution in [3.05, 3.63) is 33.7 Å². The number of benzene rings is 1. The first-order valence-corrected chi connectivity index (χ1v) is 6.80. The van der Waals surface area contributed by atoms with Crippen LogP contribution < -0.4 is 0 Å². The summed E-state index contributed by atoms with van der Waals surface area (Å²) in [6.07, 6.45) is 1.73. The van der Waals surface area contributed by atoms with Gasteiger partial charge in [-0.15, -0.1) is 0 Å². The number of halogens is 1. The zero-order chi connectivity index (χ0) is 12.7. The standard InChI is InChI=1S/C12H7BrN4S/c1-17-12(10(13)5-15-17)7-2-3-11-9(6-18-16-11)8(7)4-14/h2-3,5-6H,1H3. The molecule has 1 aromatic carbocycles. The van der Waals surface area contributed by atoms with E-state index in [1.807, 2.05) is 24.6 Å². The second kappa shape index (κ2) is 4.19. The van der Waals surface area contributed by atoms with Gasteiger partial charge >= 0.3 is 0 Å². The summed E-state index contributed by atoms with van der Waals surface area (Å²) in [7, 11) is 1.86. The minimum absolute atomic E-state index is 0.644. The molecule has 2 heterocycles. The highest BCUT2D eigenvalue weighted by atomic mass is 79.9. The SMILES string of the molecule is Cn1ncc(Br)c1-c1ccc2nscc2c1C#N. The van der Waals surface area contributed by atoms with Gasteiger partial charge in [-0.2, -0.15) is 14.7 Å². The maximum absolute atomic E-state index is 9.40. The highest BCUT2D eigenvalue weighted by Crippen LogP contribution is 2.34. The van der Waals surface area contributed by atoms with Crippen molar-refractivity contribution in [3.63, 3.8) is 0 Å². The van der Waals surface area contributed by atoms with Crippen molar-refractivity contribution >= 4 is 38.4 Å². The van der Waals surface area contributed by atoms with Crippen molar-refractivity contribution in [2.45, 2.75) is 0 Å². The molecule has 3 aromatic rings. The van der Waals surface area contributed by atoms with Crippen LogP contribution in [-0.4, -0.2) is 14.2 Å². The fourth-order valence-corrected chi connectivity index (χ4v) is 3.21. The van der Waals surface area contributed by atoms with Crippen LogP contribution in [0, 0.1) is 11.3 Å². The lowest BCUT2D eigenvalue weighted by atomic mass is 10.0. The minimum Gasteiger partial charge on any atom is -0.267 e. The van der Waals surface area contributed by atoms with Crippen molar-refractivity contribution in [1.29, 1.82) is 5.26 Å². The van der Waals surface area contributed by atoms with E-state index in [2.05, 4.69) is 31.5 Å². The van der Waals surface area contributed by atoms with Gasteiger partial charge in [-0.1, -0.05) is 0 Å². The molecule has 0 aliphatic carbocycles. The second-order valence-electron chi connectivity index (χ2n) is 3.81. The van der Waals surface area contributed by atoms with Gasteiger partial charge in [0.2, 0.25) is 0 Å². The average molecular weight is 319 g/mol. The fourth-order valence-electron chi connectivity index (χ4n) is 1.97. The summed E-state index contributed by atoms with van der Waals surface area (Å²) in [5.74, 6) is 0. The number of rotatable bonds is 1. The zero-order valence-electron chi connectivity index (χ0n) is 9.38. The first-order valence-electron chi connectivity index (χ1n) is 5.17. The molecule has 0 saturated carbocycles. The van der Waals surface area contributed by atoms with Crippen molar-refractivity contribution in [2.24, 2.45) is 7.05 Å². The van der Waals surface area contributed by atoms with Gasteiger partial charge in [0.05, 0.1) is 27.4 Å². The van der Waals surface area contributed by atoms with Crippen LogP contribution in [0.5, 0.6) is 0 Å². The van der Waals surface area contributed by atoms with Crippen molar-refractivity contribution < 1.29 is 0 Å².